The van der Waals surface area contributed by atoms with Crippen LogP contribution in [0.3, 0.4) is 0 Å². The highest BCUT2D eigenvalue weighted by molar-refractivity contribution is 5.16. The second-order valence-corrected chi connectivity index (χ2v) is 4.84. The van der Waals surface area contributed by atoms with E-state index in [0.29, 0.717) is 5.92 Å². The van der Waals surface area contributed by atoms with Crippen LogP contribution in [0.2, 0.25) is 0 Å². The van der Waals surface area contributed by atoms with Gasteiger partial charge in [0.1, 0.15) is 5.83 Å². The summed E-state index contributed by atoms with van der Waals surface area (Å²) in [5.74, 6) is 1.78. The molecule has 1 heteroatoms. The number of hydrogen-bond donors (Lipinski definition) is 0. The van der Waals surface area contributed by atoms with Gasteiger partial charge in [-0.05, 0) is 37.2 Å². The molecule has 0 aliphatic heterocycles. The fraction of sp³-hybridized carbons (Fsp3) is 0.692. The molecule has 0 amide bonds. The number of allylic oxidation sites excluding steroid dienone is 4. The van der Waals surface area contributed by atoms with E-state index in [9.17, 15) is 4.39 Å². The maximum Gasteiger partial charge on any atom is 0.104 e. The Morgan fingerprint density at radius 3 is 2.57 bits per heavy atom. The Kier molecular flexibility index (Phi) is 3.05. The lowest BCUT2D eigenvalue weighted by Crippen LogP contribution is -2.21. The largest absolute Gasteiger partial charge is 0.212 e. The van der Waals surface area contributed by atoms with Crippen molar-refractivity contribution >= 4 is 0 Å². The zero-order chi connectivity index (χ0) is 9.97. The minimum Gasteiger partial charge on any atom is -0.212 e. The summed E-state index contributed by atoms with van der Waals surface area (Å²) >= 11 is 0. The van der Waals surface area contributed by atoms with E-state index in [1.165, 1.54) is 25.7 Å². The second-order valence-electron chi connectivity index (χ2n) is 4.84. The number of rotatable bonds is 1. The predicted molar refractivity (Wildman–Crippen MR) is 57.6 cm³/mol. The van der Waals surface area contributed by atoms with E-state index >= 15 is 0 Å². The standard InChI is InChI=1S/C13H19F/c1-10-6-8-11(9-7-10)12-4-2-3-5-13(12)14/h2-3,5,10-12H,4,6-9H2,1H3. The minimum atomic E-state index is 0.118. The van der Waals surface area contributed by atoms with Gasteiger partial charge in [0, 0.05) is 5.92 Å². The molecule has 1 fully saturated rings. The summed E-state index contributed by atoms with van der Waals surface area (Å²) in [7, 11) is 0. The van der Waals surface area contributed by atoms with E-state index < -0.39 is 0 Å². The third-order valence-electron chi connectivity index (χ3n) is 3.77. The van der Waals surface area contributed by atoms with Crippen LogP contribution in [0.15, 0.2) is 24.1 Å². The fourth-order valence-corrected chi connectivity index (χ4v) is 2.73. The fourth-order valence-electron chi connectivity index (χ4n) is 2.73. The van der Waals surface area contributed by atoms with E-state index in [0.717, 1.165) is 12.3 Å². The Bertz CT molecular complexity index is 244. The molecule has 1 atom stereocenters. The molecule has 2 aliphatic carbocycles. The smallest absolute Gasteiger partial charge is 0.104 e. The normalized spacial score (nSPS) is 38.1. The van der Waals surface area contributed by atoms with Crippen molar-refractivity contribution in [2.75, 3.05) is 0 Å². The molecule has 14 heavy (non-hydrogen) atoms. The van der Waals surface area contributed by atoms with E-state index in [-0.39, 0.29) is 11.7 Å². The molecule has 0 saturated heterocycles. The first-order chi connectivity index (χ1) is 6.77. The Morgan fingerprint density at radius 2 is 1.93 bits per heavy atom. The molecular formula is C13H19F. The molecule has 2 rings (SSSR count). The minimum absolute atomic E-state index is 0.118. The quantitative estimate of drug-likeness (QED) is 0.585. The van der Waals surface area contributed by atoms with Crippen molar-refractivity contribution in [2.24, 2.45) is 17.8 Å². The molecule has 1 saturated carbocycles. The lowest BCUT2D eigenvalue weighted by molar-refractivity contribution is 0.214. The van der Waals surface area contributed by atoms with E-state index in [2.05, 4.69) is 13.0 Å². The molecule has 0 spiro atoms. The number of hydrogen-bond acceptors (Lipinski definition) is 0. The van der Waals surface area contributed by atoms with Gasteiger partial charge in [0.2, 0.25) is 0 Å². The molecular weight excluding hydrogens is 175 g/mol. The summed E-state index contributed by atoms with van der Waals surface area (Å²) in [6.45, 7) is 2.31. The van der Waals surface area contributed by atoms with Gasteiger partial charge < -0.3 is 0 Å². The number of halogens is 1. The van der Waals surface area contributed by atoms with Crippen LogP contribution in [-0.4, -0.2) is 0 Å². The highest BCUT2D eigenvalue weighted by Gasteiger charge is 2.28. The van der Waals surface area contributed by atoms with E-state index in [4.69, 9.17) is 0 Å². The monoisotopic (exact) mass is 194 g/mol. The molecule has 0 bridgehead atoms. The third kappa shape index (κ3) is 2.08. The van der Waals surface area contributed by atoms with Crippen LogP contribution in [0.25, 0.3) is 0 Å². The average Bonchev–Trinajstić information content (AvgIpc) is 2.20. The van der Waals surface area contributed by atoms with Crippen molar-refractivity contribution in [1.29, 1.82) is 0 Å². The van der Waals surface area contributed by atoms with Gasteiger partial charge in [0.15, 0.2) is 0 Å². The van der Waals surface area contributed by atoms with Gasteiger partial charge in [0.25, 0.3) is 0 Å². The van der Waals surface area contributed by atoms with Crippen molar-refractivity contribution < 1.29 is 4.39 Å². The first-order valence-corrected chi connectivity index (χ1v) is 5.79. The molecule has 0 aromatic heterocycles. The SMILES string of the molecule is CC1CCC(C2CC=CC=C2F)CC1. The van der Waals surface area contributed by atoms with Crippen molar-refractivity contribution in [1.82, 2.24) is 0 Å². The summed E-state index contributed by atoms with van der Waals surface area (Å²) in [5.41, 5.74) is 0. The molecule has 1 unspecified atom stereocenters. The van der Waals surface area contributed by atoms with Crippen molar-refractivity contribution in [3.63, 3.8) is 0 Å². The maximum atomic E-state index is 13.5. The summed E-state index contributed by atoms with van der Waals surface area (Å²) in [6, 6.07) is 0. The predicted octanol–water partition coefficient (Wildman–Crippen LogP) is 4.24. The van der Waals surface area contributed by atoms with Gasteiger partial charge in [-0.1, -0.05) is 31.9 Å². The van der Waals surface area contributed by atoms with Gasteiger partial charge in [-0.3, -0.25) is 0 Å². The van der Waals surface area contributed by atoms with Crippen LogP contribution in [0, 0.1) is 17.8 Å². The summed E-state index contributed by atoms with van der Waals surface area (Å²) in [6.07, 6.45) is 11.5. The summed E-state index contributed by atoms with van der Waals surface area (Å²) in [4.78, 5) is 0. The maximum absolute atomic E-state index is 13.5. The van der Waals surface area contributed by atoms with Crippen LogP contribution in [0.1, 0.15) is 39.0 Å². The highest BCUT2D eigenvalue weighted by Crippen LogP contribution is 2.39. The summed E-state index contributed by atoms with van der Waals surface area (Å²) < 4.78 is 13.5. The Hall–Kier alpha value is -0.590. The Balaban J connectivity index is 1.95. The first-order valence-electron chi connectivity index (χ1n) is 5.79. The second kappa shape index (κ2) is 4.29. The van der Waals surface area contributed by atoms with Gasteiger partial charge in [0.05, 0.1) is 0 Å². The van der Waals surface area contributed by atoms with E-state index in [1.54, 1.807) is 6.08 Å². The Morgan fingerprint density at radius 1 is 1.21 bits per heavy atom. The van der Waals surface area contributed by atoms with Crippen molar-refractivity contribution in [2.45, 2.75) is 39.0 Å². The lowest BCUT2D eigenvalue weighted by atomic mass is 9.74. The van der Waals surface area contributed by atoms with Crippen LogP contribution >= 0.6 is 0 Å². The molecule has 78 valence electrons. The van der Waals surface area contributed by atoms with E-state index in [1.807, 2.05) is 6.08 Å². The van der Waals surface area contributed by atoms with Crippen LogP contribution in [-0.2, 0) is 0 Å². The molecule has 0 heterocycles. The zero-order valence-corrected chi connectivity index (χ0v) is 8.88. The molecule has 0 nitrogen and oxygen atoms in total. The highest BCUT2D eigenvalue weighted by atomic mass is 19.1. The zero-order valence-electron chi connectivity index (χ0n) is 8.88. The van der Waals surface area contributed by atoms with Crippen LogP contribution in [0.5, 0.6) is 0 Å². The van der Waals surface area contributed by atoms with Crippen LogP contribution in [0.4, 0.5) is 4.39 Å². The average molecular weight is 194 g/mol. The first kappa shape index (κ1) is 9.95. The molecule has 2 aliphatic rings. The van der Waals surface area contributed by atoms with Gasteiger partial charge in [-0.2, -0.15) is 0 Å². The molecule has 0 aromatic rings. The summed E-state index contributed by atoms with van der Waals surface area (Å²) in [5, 5.41) is 0. The van der Waals surface area contributed by atoms with Gasteiger partial charge in [-0.15, -0.1) is 0 Å². The van der Waals surface area contributed by atoms with Crippen molar-refractivity contribution in [3.05, 3.63) is 24.1 Å². The lowest BCUT2D eigenvalue weighted by Gasteiger charge is -2.32. The van der Waals surface area contributed by atoms with Gasteiger partial charge >= 0.3 is 0 Å². The third-order valence-corrected chi connectivity index (χ3v) is 3.77. The molecule has 0 radical (unpaired) electrons. The molecule has 0 aromatic carbocycles. The van der Waals surface area contributed by atoms with Crippen LogP contribution < -0.4 is 0 Å². The Labute approximate surface area is 85.9 Å². The van der Waals surface area contributed by atoms with Gasteiger partial charge in [-0.25, -0.2) is 4.39 Å². The molecule has 0 N–H and O–H groups in total. The topological polar surface area (TPSA) is 0 Å². The van der Waals surface area contributed by atoms with Crippen molar-refractivity contribution in [3.8, 4) is 0 Å².